The summed E-state index contributed by atoms with van der Waals surface area (Å²) in [6, 6.07) is 5.96. The van der Waals surface area contributed by atoms with E-state index < -0.39 is 0 Å². The van der Waals surface area contributed by atoms with Crippen LogP contribution in [0.5, 0.6) is 5.75 Å². The predicted octanol–water partition coefficient (Wildman–Crippen LogP) is 2.22. The first-order valence-electron chi connectivity index (χ1n) is 11.4. The lowest BCUT2D eigenvalue weighted by atomic mass is 9.93. The molecule has 176 valence electrons. The molecule has 0 unspecified atom stereocenters. The molecule has 0 spiro atoms. The Morgan fingerprint density at radius 2 is 1.88 bits per heavy atom. The number of furan rings is 1. The van der Waals surface area contributed by atoms with Gasteiger partial charge in [0.05, 0.1) is 18.9 Å². The monoisotopic (exact) mass is 454 g/mol. The van der Waals surface area contributed by atoms with Gasteiger partial charge in [-0.15, -0.1) is 0 Å². The minimum Gasteiger partial charge on any atom is -0.508 e. The van der Waals surface area contributed by atoms with E-state index in [1.165, 1.54) is 24.3 Å². The quantitative estimate of drug-likeness (QED) is 0.436. The fourth-order valence-electron chi connectivity index (χ4n) is 4.20. The fourth-order valence-corrected chi connectivity index (χ4v) is 4.20. The molecular formula is C24H30N4O5. The standard InChI is InChI=1S/C24H30N4O5/c1-16-21-19(26-27-23(30)17-6-8-18(29)9-7-17)4-2-5-20(21)33-22(16)24(31)25-10-3-11-28-12-14-32-15-13-28/h6-9,29H,2-5,10-15H2,1H3,(H,25,31)(H,27,30)/b26-19+. The zero-order valence-electron chi connectivity index (χ0n) is 18.9. The third-order valence-corrected chi connectivity index (χ3v) is 5.99. The van der Waals surface area contributed by atoms with Crippen molar-refractivity contribution < 1.29 is 23.8 Å². The molecule has 0 radical (unpaired) electrons. The van der Waals surface area contributed by atoms with Gasteiger partial charge in [-0.05, 0) is 57.0 Å². The lowest BCUT2D eigenvalue weighted by Crippen LogP contribution is -2.38. The van der Waals surface area contributed by atoms with E-state index in [0.717, 1.165) is 69.0 Å². The second-order valence-electron chi connectivity index (χ2n) is 8.32. The topological polar surface area (TPSA) is 116 Å². The number of carbonyl (C=O) groups excluding carboxylic acids is 2. The summed E-state index contributed by atoms with van der Waals surface area (Å²) < 4.78 is 11.3. The molecule has 1 saturated heterocycles. The first kappa shape index (κ1) is 23.0. The molecule has 0 saturated carbocycles. The van der Waals surface area contributed by atoms with Crippen LogP contribution in [0.1, 0.15) is 57.1 Å². The minimum absolute atomic E-state index is 0.0932. The van der Waals surface area contributed by atoms with Crippen LogP contribution in [0.25, 0.3) is 0 Å². The van der Waals surface area contributed by atoms with Crippen LogP contribution in [0.15, 0.2) is 33.8 Å². The maximum Gasteiger partial charge on any atom is 0.287 e. The van der Waals surface area contributed by atoms with Gasteiger partial charge in [0, 0.05) is 42.7 Å². The molecule has 1 aromatic carbocycles. The number of hydrazone groups is 1. The van der Waals surface area contributed by atoms with Crippen molar-refractivity contribution in [2.45, 2.75) is 32.6 Å². The summed E-state index contributed by atoms with van der Waals surface area (Å²) in [5.41, 5.74) is 5.24. The van der Waals surface area contributed by atoms with E-state index >= 15 is 0 Å². The largest absolute Gasteiger partial charge is 0.508 e. The van der Waals surface area contributed by atoms with Gasteiger partial charge in [0.25, 0.3) is 11.8 Å². The molecule has 3 N–H and O–H groups in total. The van der Waals surface area contributed by atoms with Gasteiger partial charge < -0.3 is 19.6 Å². The van der Waals surface area contributed by atoms with Crippen molar-refractivity contribution in [2.75, 3.05) is 39.4 Å². The second kappa shape index (κ2) is 10.6. The Labute approximate surface area is 192 Å². The first-order chi connectivity index (χ1) is 16.0. The summed E-state index contributed by atoms with van der Waals surface area (Å²) in [5, 5.41) is 16.7. The van der Waals surface area contributed by atoms with Gasteiger partial charge in [-0.1, -0.05) is 0 Å². The summed E-state index contributed by atoms with van der Waals surface area (Å²) in [7, 11) is 0. The Kier molecular flexibility index (Phi) is 7.41. The van der Waals surface area contributed by atoms with Crippen LogP contribution in [0.3, 0.4) is 0 Å². The zero-order chi connectivity index (χ0) is 23.2. The third kappa shape index (κ3) is 5.61. The van der Waals surface area contributed by atoms with Crippen molar-refractivity contribution in [3.05, 3.63) is 52.5 Å². The molecule has 9 heteroatoms. The highest BCUT2D eigenvalue weighted by Crippen LogP contribution is 2.29. The van der Waals surface area contributed by atoms with Crippen LogP contribution < -0.4 is 10.7 Å². The zero-order valence-corrected chi connectivity index (χ0v) is 18.9. The van der Waals surface area contributed by atoms with E-state index in [1.807, 2.05) is 6.92 Å². The highest BCUT2D eigenvalue weighted by molar-refractivity contribution is 6.07. The molecule has 9 nitrogen and oxygen atoms in total. The summed E-state index contributed by atoms with van der Waals surface area (Å²) in [4.78, 5) is 27.5. The molecular weight excluding hydrogens is 424 g/mol. The fraction of sp³-hybridized carbons (Fsp3) is 0.458. The highest BCUT2D eigenvalue weighted by atomic mass is 16.5. The molecule has 0 bridgehead atoms. The van der Waals surface area contributed by atoms with E-state index in [4.69, 9.17) is 9.15 Å². The van der Waals surface area contributed by atoms with Gasteiger partial charge in [-0.2, -0.15) is 5.10 Å². The molecule has 2 aliphatic rings. The lowest BCUT2D eigenvalue weighted by Gasteiger charge is -2.26. The maximum absolute atomic E-state index is 12.8. The number of hydrogen-bond donors (Lipinski definition) is 3. The Morgan fingerprint density at radius 1 is 1.12 bits per heavy atom. The number of phenols is 1. The van der Waals surface area contributed by atoms with Crippen molar-refractivity contribution in [1.82, 2.24) is 15.6 Å². The molecule has 0 atom stereocenters. The molecule has 1 fully saturated rings. The Balaban J connectivity index is 1.38. The molecule has 33 heavy (non-hydrogen) atoms. The number of amides is 2. The summed E-state index contributed by atoms with van der Waals surface area (Å²) in [6.07, 6.45) is 3.10. The number of nitrogens with one attached hydrogen (secondary N) is 2. The van der Waals surface area contributed by atoms with Crippen molar-refractivity contribution in [1.29, 1.82) is 0 Å². The molecule has 2 heterocycles. The van der Waals surface area contributed by atoms with Crippen LogP contribution >= 0.6 is 0 Å². The number of hydrogen-bond acceptors (Lipinski definition) is 7. The number of nitrogens with zero attached hydrogens (tertiary/aromatic N) is 2. The first-order valence-corrected chi connectivity index (χ1v) is 11.4. The van der Waals surface area contributed by atoms with Gasteiger partial charge in [-0.3, -0.25) is 14.5 Å². The average molecular weight is 455 g/mol. The van der Waals surface area contributed by atoms with Gasteiger partial charge in [0.2, 0.25) is 0 Å². The second-order valence-corrected chi connectivity index (χ2v) is 8.32. The molecule has 1 aliphatic carbocycles. The number of benzene rings is 1. The highest BCUT2D eigenvalue weighted by Gasteiger charge is 2.28. The predicted molar refractivity (Wildman–Crippen MR) is 123 cm³/mol. The smallest absolute Gasteiger partial charge is 0.287 e. The number of rotatable bonds is 7. The molecule has 2 aromatic rings. The number of aromatic hydroxyl groups is 1. The van der Waals surface area contributed by atoms with Crippen LogP contribution in [0.4, 0.5) is 0 Å². The van der Waals surface area contributed by atoms with E-state index in [0.29, 0.717) is 30.0 Å². The number of carbonyl (C=O) groups is 2. The van der Waals surface area contributed by atoms with Crippen molar-refractivity contribution in [2.24, 2.45) is 5.10 Å². The SMILES string of the molecule is Cc1c(C(=O)NCCCN2CCOCC2)oc2c1/C(=N/NC(=O)c1ccc(O)cc1)CCC2. The van der Waals surface area contributed by atoms with E-state index in [1.54, 1.807) is 0 Å². The van der Waals surface area contributed by atoms with E-state index in [9.17, 15) is 14.7 Å². The summed E-state index contributed by atoms with van der Waals surface area (Å²) in [5.74, 6) is 0.543. The lowest BCUT2D eigenvalue weighted by molar-refractivity contribution is 0.0374. The van der Waals surface area contributed by atoms with Crippen LogP contribution in [0.2, 0.25) is 0 Å². The number of fused-ring (bicyclic) bond motifs is 1. The van der Waals surface area contributed by atoms with E-state index in [-0.39, 0.29) is 17.6 Å². The molecule has 1 aliphatic heterocycles. The number of morpholine rings is 1. The van der Waals surface area contributed by atoms with Gasteiger partial charge in [0.1, 0.15) is 11.5 Å². The van der Waals surface area contributed by atoms with Gasteiger partial charge in [-0.25, -0.2) is 5.43 Å². The number of aryl methyl sites for hydroxylation is 1. The van der Waals surface area contributed by atoms with Crippen LogP contribution in [0, 0.1) is 6.92 Å². The average Bonchev–Trinajstić information content (AvgIpc) is 3.18. The van der Waals surface area contributed by atoms with Crippen molar-refractivity contribution in [3.63, 3.8) is 0 Å². The molecule has 1 aromatic heterocycles. The normalized spacial score (nSPS) is 17.5. The van der Waals surface area contributed by atoms with Gasteiger partial charge >= 0.3 is 0 Å². The summed E-state index contributed by atoms with van der Waals surface area (Å²) in [6.45, 7) is 6.76. The molecule has 2 amide bonds. The van der Waals surface area contributed by atoms with Crippen molar-refractivity contribution in [3.8, 4) is 5.75 Å². The van der Waals surface area contributed by atoms with Crippen LogP contribution in [-0.2, 0) is 11.2 Å². The minimum atomic E-state index is -0.367. The Morgan fingerprint density at radius 3 is 2.64 bits per heavy atom. The molecule has 4 rings (SSSR count). The maximum atomic E-state index is 12.8. The number of phenolic OH excluding ortho intramolecular Hbond substituents is 1. The Bertz CT molecular complexity index is 1020. The van der Waals surface area contributed by atoms with Crippen molar-refractivity contribution >= 4 is 17.5 Å². The number of ether oxygens (including phenoxy) is 1. The Hall–Kier alpha value is -3.17. The van der Waals surface area contributed by atoms with Crippen LogP contribution in [-0.4, -0.2) is 66.9 Å². The third-order valence-electron chi connectivity index (χ3n) is 5.99. The van der Waals surface area contributed by atoms with E-state index in [2.05, 4.69) is 20.7 Å². The van der Waals surface area contributed by atoms with Gasteiger partial charge in [0.15, 0.2) is 5.76 Å². The summed E-state index contributed by atoms with van der Waals surface area (Å²) >= 11 is 0.